The van der Waals surface area contributed by atoms with E-state index in [2.05, 4.69) is 0 Å². The van der Waals surface area contributed by atoms with E-state index in [4.69, 9.17) is 5.11 Å². The van der Waals surface area contributed by atoms with Crippen LogP contribution in [-0.4, -0.2) is 24.2 Å². The first-order valence-electron chi connectivity index (χ1n) is 6.77. The first-order chi connectivity index (χ1) is 8.75. The van der Waals surface area contributed by atoms with Crippen LogP contribution in [0.3, 0.4) is 0 Å². The molecule has 0 aliphatic heterocycles. The lowest BCUT2D eigenvalue weighted by molar-refractivity contribution is -0.135. The van der Waals surface area contributed by atoms with Crippen molar-refractivity contribution in [3.05, 3.63) is 30.3 Å². The summed E-state index contributed by atoms with van der Waals surface area (Å²) in [5.74, 6) is -0.104. The number of carboxylic acids is 1. The van der Waals surface area contributed by atoms with Gasteiger partial charge in [0.1, 0.15) is 6.54 Å². The van der Waals surface area contributed by atoms with Gasteiger partial charge < -0.3 is 10.0 Å². The molecule has 0 spiro atoms. The molecule has 0 heterocycles. The summed E-state index contributed by atoms with van der Waals surface area (Å²) in [4.78, 5) is 13.0. The van der Waals surface area contributed by atoms with Crippen LogP contribution in [0.5, 0.6) is 0 Å². The molecule has 1 N–H and O–H groups in total. The van der Waals surface area contributed by atoms with Gasteiger partial charge in [0.15, 0.2) is 0 Å². The normalized spacial score (nSPS) is 16.4. The maximum absolute atomic E-state index is 11.0. The van der Waals surface area contributed by atoms with E-state index >= 15 is 0 Å². The number of para-hydroxylation sites is 1. The number of benzene rings is 1. The monoisotopic (exact) mass is 247 g/mol. The van der Waals surface area contributed by atoms with Gasteiger partial charge in [0.2, 0.25) is 0 Å². The summed E-state index contributed by atoms with van der Waals surface area (Å²) in [7, 11) is 0. The molecule has 1 aliphatic rings. The number of hydrogen-bond donors (Lipinski definition) is 1. The van der Waals surface area contributed by atoms with E-state index in [9.17, 15) is 4.79 Å². The highest BCUT2D eigenvalue weighted by Crippen LogP contribution is 2.26. The second-order valence-corrected chi connectivity index (χ2v) is 5.11. The maximum Gasteiger partial charge on any atom is 0.323 e. The molecular formula is C15H21NO2. The SMILES string of the molecule is O=C(O)CN(CC1CCCCC1)c1ccccc1. The third-order valence-corrected chi connectivity index (χ3v) is 3.65. The molecule has 0 amide bonds. The number of rotatable bonds is 5. The zero-order chi connectivity index (χ0) is 12.8. The highest BCUT2D eigenvalue weighted by molar-refractivity contribution is 5.73. The van der Waals surface area contributed by atoms with Gasteiger partial charge in [0.05, 0.1) is 0 Å². The Hall–Kier alpha value is -1.51. The molecule has 2 rings (SSSR count). The van der Waals surface area contributed by atoms with Crippen molar-refractivity contribution < 1.29 is 9.90 Å². The lowest BCUT2D eigenvalue weighted by Crippen LogP contribution is -2.34. The van der Waals surface area contributed by atoms with E-state index < -0.39 is 5.97 Å². The summed E-state index contributed by atoms with van der Waals surface area (Å²) in [6.45, 7) is 0.969. The van der Waals surface area contributed by atoms with Gasteiger partial charge in [-0.1, -0.05) is 37.5 Å². The fourth-order valence-electron chi connectivity index (χ4n) is 2.74. The van der Waals surface area contributed by atoms with Gasteiger partial charge in [-0.15, -0.1) is 0 Å². The number of aliphatic carboxylic acids is 1. The average molecular weight is 247 g/mol. The van der Waals surface area contributed by atoms with Crippen molar-refractivity contribution in [3.63, 3.8) is 0 Å². The second kappa shape index (κ2) is 6.43. The minimum absolute atomic E-state index is 0.0977. The molecule has 3 heteroatoms. The number of hydrogen-bond acceptors (Lipinski definition) is 2. The first kappa shape index (κ1) is 12.9. The molecule has 1 saturated carbocycles. The third kappa shape index (κ3) is 3.76. The van der Waals surface area contributed by atoms with Gasteiger partial charge in [-0.2, -0.15) is 0 Å². The van der Waals surface area contributed by atoms with E-state index in [0.717, 1.165) is 12.2 Å². The largest absolute Gasteiger partial charge is 0.480 e. The van der Waals surface area contributed by atoms with Gasteiger partial charge >= 0.3 is 5.97 Å². The van der Waals surface area contributed by atoms with Crippen molar-refractivity contribution in [3.8, 4) is 0 Å². The molecular weight excluding hydrogens is 226 g/mol. The number of carboxylic acid groups (broad SMARTS) is 1. The minimum atomic E-state index is -0.755. The van der Waals surface area contributed by atoms with Crippen molar-refractivity contribution in [2.75, 3.05) is 18.0 Å². The van der Waals surface area contributed by atoms with Crippen LogP contribution >= 0.6 is 0 Å². The van der Waals surface area contributed by atoms with E-state index in [1.807, 2.05) is 35.2 Å². The van der Waals surface area contributed by atoms with Crippen LogP contribution in [0.1, 0.15) is 32.1 Å². The Kier molecular flexibility index (Phi) is 4.62. The highest BCUT2D eigenvalue weighted by Gasteiger charge is 2.19. The zero-order valence-electron chi connectivity index (χ0n) is 10.7. The van der Waals surface area contributed by atoms with Gasteiger partial charge in [0, 0.05) is 12.2 Å². The highest BCUT2D eigenvalue weighted by atomic mass is 16.4. The molecule has 1 aromatic rings. The summed E-state index contributed by atoms with van der Waals surface area (Å²) in [5.41, 5.74) is 1.02. The third-order valence-electron chi connectivity index (χ3n) is 3.65. The molecule has 0 radical (unpaired) electrons. The molecule has 98 valence electrons. The van der Waals surface area contributed by atoms with E-state index in [1.54, 1.807) is 0 Å². The molecule has 3 nitrogen and oxygen atoms in total. The van der Waals surface area contributed by atoms with Gasteiger partial charge in [-0.05, 0) is 30.9 Å². The van der Waals surface area contributed by atoms with Gasteiger partial charge in [-0.25, -0.2) is 0 Å². The van der Waals surface area contributed by atoms with Crippen LogP contribution in [0, 0.1) is 5.92 Å². The first-order valence-corrected chi connectivity index (χ1v) is 6.77. The van der Waals surface area contributed by atoms with Crippen LogP contribution in [0.4, 0.5) is 5.69 Å². The standard InChI is InChI=1S/C15H21NO2/c17-15(18)12-16(14-9-5-2-6-10-14)11-13-7-3-1-4-8-13/h2,5-6,9-10,13H,1,3-4,7-8,11-12H2,(H,17,18). The van der Waals surface area contributed by atoms with Crippen molar-refractivity contribution in [1.82, 2.24) is 0 Å². The summed E-state index contributed by atoms with van der Waals surface area (Å²) < 4.78 is 0. The van der Waals surface area contributed by atoms with Crippen LogP contribution in [-0.2, 0) is 4.79 Å². The molecule has 0 aromatic heterocycles. The molecule has 0 bridgehead atoms. The Morgan fingerprint density at radius 2 is 1.83 bits per heavy atom. The maximum atomic E-state index is 11.0. The topological polar surface area (TPSA) is 40.5 Å². The molecule has 0 atom stereocenters. The smallest absolute Gasteiger partial charge is 0.323 e. The Labute approximate surface area is 108 Å². The lowest BCUT2D eigenvalue weighted by atomic mass is 9.89. The molecule has 0 unspecified atom stereocenters. The van der Waals surface area contributed by atoms with Crippen LogP contribution in [0.2, 0.25) is 0 Å². The lowest BCUT2D eigenvalue weighted by Gasteiger charge is -2.30. The van der Waals surface area contributed by atoms with Crippen molar-refractivity contribution in [2.24, 2.45) is 5.92 Å². The molecule has 0 saturated heterocycles. The predicted octanol–water partition coefficient (Wildman–Crippen LogP) is 3.16. The average Bonchev–Trinajstić information content (AvgIpc) is 2.40. The van der Waals surface area contributed by atoms with Gasteiger partial charge in [-0.3, -0.25) is 4.79 Å². The van der Waals surface area contributed by atoms with E-state index in [0.29, 0.717) is 5.92 Å². The van der Waals surface area contributed by atoms with Crippen LogP contribution < -0.4 is 4.90 Å². The molecule has 18 heavy (non-hydrogen) atoms. The number of anilines is 1. The van der Waals surface area contributed by atoms with Crippen molar-refractivity contribution in [2.45, 2.75) is 32.1 Å². The summed E-state index contributed by atoms with van der Waals surface area (Å²) >= 11 is 0. The molecule has 1 fully saturated rings. The molecule has 1 aromatic carbocycles. The quantitative estimate of drug-likeness (QED) is 0.869. The van der Waals surface area contributed by atoms with Crippen LogP contribution in [0.25, 0.3) is 0 Å². The second-order valence-electron chi connectivity index (χ2n) is 5.11. The Balaban J connectivity index is 2.02. The zero-order valence-corrected chi connectivity index (χ0v) is 10.7. The molecule has 1 aliphatic carbocycles. The Bertz CT molecular complexity index is 371. The Morgan fingerprint density at radius 3 is 2.44 bits per heavy atom. The van der Waals surface area contributed by atoms with E-state index in [-0.39, 0.29) is 6.54 Å². The number of nitrogens with zero attached hydrogens (tertiary/aromatic N) is 1. The summed E-state index contributed by atoms with van der Waals surface area (Å²) in [5, 5.41) is 9.03. The van der Waals surface area contributed by atoms with E-state index in [1.165, 1.54) is 32.1 Å². The summed E-state index contributed by atoms with van der Waals surface area (Å²) in [6, 6.07) is 9.87. The fourth-order valence-corrected chi connectivity index (χ4v) is 2.74. The fraction of sp³-hybridized carbons (Fsp3) is 0.533. The minimum Gasteiger partial charge on any atom is -0.480 e. The number of carbonyl (C=O) groups is 1. The van der Waals surface area contributed by atoms with Crippen molar-refractivity contribution in [1.29, 1.82) is 0 Å². The van der Waals surface area contributed by atoms with Gasteiger partial charge in [0.25, 0.3) is 0 Å². The Morgan fingerprint density at radius 1 is 1.17 bits per heavy atom. The van der Waals surface area contributed by atoms with Crippen LogP contribution in [0.15, 0.2) is 30.3 Å². The summed E-state index contributed by atoms with van der Waals surface area (Å²) in [6.07, 6.45) is 6.40. The predicted molar refractivity (Wildman–Crippen MR) is 72.9 cm³/mol. The van der Waals surface area contributed by atoms with Crippen molar-refractivity contribution >= 4 is 11.7 Å².